The van der Waals surface area contributed by atoms with Crippen molar-refractivity contribution in [3.8, 4) is 0 Å². The van der Waals surface area contributed by atoms with E-state index in [0.29, 0.717) is 12.2 Å². The number of ketones is 1. The summed E-state index contributed by atoms with van der Waals surface area (Å²) in [5.74, 6) is 0.0445. The number of nitrogens with zero attached hydrogens (tertiary/aromatic N) is 2. The van der Waals surface area contributed by atoms with Crippen molar-refractivity contribution in [1.29, 1.82) is 0 Å². The summed E-state index contributed by atoms with van der Waals surface area (Å²) < 4.78 is 7.11. The zero-order valence-corrected chi connectivity index (χ0v) is 8.49. The van der Waals surface area contributed by atoms with Gasteiger partial charge in [0.15, 0.2) is 5.78 Å². The van der Waals surface area contributed by atoms with Gasteiger partial charge in [-0.15, -0.1) is 0 Å². The first-order valence-electron chi connectivity index (χ1n) is 4.79. The van der Waals surface area contributed by atoms with Gasteiger partial charge in [-0.1, -0.05) is 0 Å². The Hall–Kier alpha value is -1.16. The van der Waals surface area contributed by atoms with Gasteiger partial charge in [-0.05, 0) is 19.8 Å². The summed E-state index contributed by atoms with van der Waals surface area (Å²) in [5.41, 5.74) is 0.0140. The Morgan fingerprint density at radius 1 is 1.71 bits per heavy atom. The average Bonchev–Trinajstić information content (AvgIpc) is 2.74. The van der Waals surface area contributed by atoms with Gasteiger partial charge in [-0.3, -0.25) is 9.48 Å². The predicted octanol–water partition coefficient (Wildman–Crippen LogP) is 1.17. The van der Waals surface area contributed by atoms with Gasteiger partial charge in [0.1, 0.15) is 5.60 Å². The van der Waals surface area contributed by atoms with Crippen molar-refractivity contribution in [3.05, 3.63) is 18.0 Å². The Bertz CT molecular complexity index is 351. The van der Waals surface area contributed by atoms with Crippen LogP contribution in [0, 0.1) is 0 Å². The monoisotopic (exact) mass is 194 g/mol. The number of carbonyl (C=O) groups excluding carboxylic acids is 1. The van der Waals surface area contributed by atoms with Gasteiger partial charge in [0.05, 0.1) is 11.8 Å². The number of ether oxygens (including phenoxy) is 1. The third kappa shape index (κ3) is 1.46. The van der Waals surface area contributed by atoms with Gasteiger partial charge < -0.3 is 4.74 Å². The van der Waals surface area contributed by atoms with E-state index in [-0.39, 0.29) is 5.78 Å². The van der Waals surface area contributed by atoms with E-state index >= 15 is 0 Å². The summed E-state index contributed by atoms with van der Waals surface area (Å²) in [7, 11) is 1.80. The lowest BCUT2D eigenvalue weighted by Gasteiger charge is -2.20. The second kappa shape index (κ2) is 3.20. The van der Waals surface area contributed by atoms with Crippen LogP contribution in [0.2, 0.25) is 0 Å². The smallest absolute Gasteiger partial charge is 0.197 e. The van der Waals surface area contributed by atoms with Crippen molar-refractivity contribution in [3.63, 3.8) is 0 Å². The van der Waals surface area contributed by atoms with E-state index in [1.165, 1.54) is 0 Å². The Balaban J connectivity index is 2.23. The zero-order chi connectivity index (χ0) is 10.2. The highest BCUT2D eigenvalue weighted by molar-refractivity contribution is 6.02. The first-order valence-corrected chi connectivity index (χ1v) is 4.79. The Morgan fingerprint density at radius 2 is 2.50 bits per heavy atom. The maximum Gasteiger partial charge on any atom is 0.197 e. The van der Waals surface area contributed by atoms with E-state index < -0.39 is 5.60 Å². The fourth-order valence-electron chi connectivity index (χ4n) is 1.80. The van der Waals surface area contributed by atoms with Gasteiger partial charge in [0.2, 0.25) is 0 Å². The molecule has 76 valence electrons. The van der Waals surface area contributed by atoms with Gasteiger partial charge in [-0.25, -0.2) is 0 Å². The Morgan fingerprint density at radius 3 is 3.00 bits per heavy atom. The lowest BCUT2D eigenvalue weighted by atomic mass is 9.94. The first-order chi connectivity index (χ1) is 6.62. The van der Waals surface area contributed by atoms with Crippen LogP contribution in [0.25, 0.3) is 0 Å². The largest absolute Gasteiger partial charge is 0.367 e. The number of Topliss-reactive ketones (excluding diaryl/α,β-unsaturated/α-hetero) is 1. The Kier molecular flexibility index (Phi) is 2.15. The molecular weight excluding hydrogens is 180 g/mol. The van der Waals surface area contributed by atoms with Crippen LogP contribution in [-0.2, 0) is 11.8 Å². The number of carbonyl (C=O) groups is 1. The van der Waals surface area contributed by atoms with Crippen molar-refractivity contribution >= 4 is 5.78 Å². The van der Waals surface area contributed by atoms with Crippen LogP contribution >= 0.6 is 0 Å². The molecule has 2 heterocycles. The molecule has 0 saturated carbocycles. The highest BCUT2D eigenvalue weighted by Gasteiger charge is 2.38. The number of aromatic nitrogens is 2. The summed E-state index contributed by atoms with van der Waals surface area (Å²) in [6.07, 6.45) is 5.09. The maximum atomic E-state index is 12.0. The molecule has 1 aliphatic heterocycles. The summed E-state index contributed by atoms with van der Waals surface area (Å²) in [5, 5.41) is 3.98. The fraction of sp³-hybridized carbons (Fsp3) is 0.600. The molecule has 0 amide bonds. The molecule has 0 N–H and O–H groups in total. The van der Waals surface area contributed by atoms with Crippen LogP contribution < -0.4 is 0 Å². The molecule has 0 spiro atoms. The Labute approximate surface area is 82.9 Å². The van der Waals surface area contributed by atoms with Crippen LogP contribution in [-0.4, -0.2) is 27.8 Å². The van der Waals surface area contributed by atoms with Gasteiger partial charge in [0, 0.05) is 19.9 Å². The van der Waals surface area contributed by atoms with Crippen molar-refractivity contribution in [2.24, 2.45) is 7.05 Å². The summed E-state index contributed by atoms with van der Waals surface area (Å²) in [4.78, 5) is 12.0. The minimum Gasteiger partial charge on any atom is -0.367 e. The molecule has 1 aliphatic rings. The molecule has 1 aromatic rings. The number of hydrogen-bond donors (Lipinski definition) is 0. The van der Waals surface area contributed by atoms with Gasteiger partial charge in [-0.2, -0.15) is 5.10 Å². The molecule has 1 atom stereocenters. The van der Waals surface area contributed by atoms with Crippen molar-refractivity contribution in [1.82, 2.24) is 9.78 Å². The number of aryl methyl sites for hydroxylation is 1. The van der Waals surface area contributed by atoms with Crippen LogP contribution in [0.1, 0.15) is 30.1 Å². The molecule has 0 aliphatic carbocycles. The third-order valence-electron chi connectivity index (χ3n) is 2.67. The fourth-order valence-corrected chi connectivity index (χ4v) is 1.80. The molecule has 1 aromatic heterocycles. The lowest BCUT2D eigenvalue weighted by Crippen LogP contribution is -2.34. The highest BCUT2D eigenvalue weighted by atomic mass is 16.5. The van der Waals surface area contributed by atoms with Gasteiger partial charge in [0.25, 0.3) is 0 Å². The molecule has 4 nitrogen and oxygen atoms in total. The number of hydrogen-bond acceptors (Lipinski definition) is 3. The molecule has 2 rings (SSSR count). The van der Waals surface area contributed by atoms with Crippen molar-refractivity contribution in [2.75, 3.05) is 6.61 Å². The topological polar surface area (TPSA) is 44.1 Å². The SMILES string of the molecule is Cn1cc(C(=O)C2(C)CCCO2)cn1. The summed E-state index contributed by atoms with van der Waals surface area (Å²) in [6.45, 7) is 2.54. The molecule has 0 radical (unpaired) electrons. The lowest BCUT2D eigenvalue weighted by molar-refractivity contribution is 0.0213. The minimum absolute atomic E-state index is 0.0445. The van der Waals surface area contributed by atoms with Crippen molar-refractivity contribution in [2.45, 2.75) is 25.4 Å². The second-order valence-corrected chi connectivity index (χ2v) is 3.91. The highest BCUT2D eigenvalue weighted by Crippen LogP contribution is 2.28. The quantitative estimate of drug-likeness (QED) is 0.664. The molecular formula is C10H14N2O2. The zero-order valence-electron chi connectivity index (χ0n) is 8.49. The van der Waals surface area contributed by atoms with Gasteiger partial charge >= 0.3 is 0 Å². The van der Waals surface area contributed by atoms with Crippen molar-refractivity contribution < 1.29 is 9.53 Å². The van der Waals surface area contributed by atoms with Crippen LogP contribution in [0.3, 0.4) is 0 Å². The third-order valence-corrected chi connectivity index (χ3v) is 2.67. The van der Waals surface area contributed by atoms with E-state index in [4.69, 9.17) is 4.74 Å². The molecule has 1 saturated heterocycles. The van der Waals surface area contributed by atoms with E-state index in [1.807, 2.05) is 6.92 Å². The first kappa shape index (κ1) is 9.40. The average molecular weight is 194 g/mol. The van der Waals surface area contributed by atoms with Crippen LogP contribution in [0.5, 0.6) is 0 Å². The number of rotatable bonds is 2. The maximum absolute atomic E-state index is 12.0. The normalized spacial score (nSPS) is 26.7. The van der Waals surface area contributed by atoms with E-state index in [9.17, 15) is 4.79 Å². The second-order valence-electron chi connectivity index (χ2n) is 3.91. The molecule has 0 bridgehead atoms. The molecule has 4 heteroatoms. The van der Waals surface area contributed by atoms with E-state index in [0.717, 1.165) is 12.8 Å². The minimum atomic E-state index is -0.622. The summed E-state index contributed by atoms with van der Waals surface area (Å²) >= 11 is 0. The van der Waals surface area contributed by atoms with E-state index in [2.05, 4.69) is 5.10 Å². The summed E-state index contributed by atoms with van der Waals surface area (Å²) in [6, 6.07) is 0. The molecule has 14 heavy (non-hydrogen) atoms. The molecule has 1 fully saturated rings. The van der Waals surface area contributed by atoms with Crippen LogP contribution in [0.4, 0.5) is 0 Å². The standard InChI is InChI=1S/C10H14N2O2/c1-10(4-3-5-14-10)9(13)8-6-11-12(2)7-8/h6-7H,3-5H2,1-2H3. The molecule has 0 aromatic carbocycles. The van der Waals surface area contributed by atoms with Crippen LogP contribution in [0.15, 0.2) is 12.4 Å². The molecule has 1 unspecified atom stereocenters. The van der Waals surface area contributed by atoms with E-state index in [1.54, 1.807) is 24.1 Å². The predicted molar refractivity (Wildman–Crippen MR) is 51.1 cm³/mol.